The number of ether oxygens (including phenoxy) is 1. The van der Waals surface area contributed by atoms with Crippen LogP contribution in [0.15, 0.2) is 30.3 Å². The molecule has 0 aliphatic heterocycles. The van der Waals surface area contributed by atoms with E-state index in [-0.39, 0.29) is 30.5 Å². The van der Waals surface area contributed by atoms with E-state index in [9.17, 15) is 14.4 Å². The van der Waals surface area contributed by atoms with E-state index >= 15 is 0 Å². The van der Waals surface area contributed by atoms with E-state index in [0.717, 1.165) is 19.3 Å². The summed E-state index contributed by atoms with van der Waals surface area (Å²) in [6.07, 6.45) is 3.30. The predicted molar refractivity (Wildman–Crippen MR) is 88.1 cm³/mol. The lowest BCUT2D eigenvalue weighted by atomic mass is 10.1. The first-order valence-corrected chi connectivity index (χ1v) is 8.14. The first kappa shape index (κ1) is 18.9. The molecule has 5 nitrogen and oxygen atoms in total. The highest BCUT2D eigenvalue weighted by Gasteiger charge is 2.08. The predicted octanol–water partition coefficient (Wildman–Crippen LogP) is 2.89. The lowest BCUT2D eigenvalue weighted by molar-refractivity contribution is -0.143. The molecule has 0 spiro atoms. The molecule has 1 aromatic carbocycles. The van der Waals surface area contributed by atoms with Crippen molar-refractivity contribution in [2.24, 2.45) is 0 Å². The van der Waals surface area contributed by atoms with E-state index in [2.05, 4.69) is 5.32 Å². The van der Waals surface area contributed by atoms with Crippen molar-refractivity contribution in [3.8, 4) is 0 Å². The molecule has 0 aliphatic carbocycles. The number of benzene rings is 1. The van der Waals surface area contributed by atoms with Gasteiger partial charge in [0, 0.05) is 31.4 Å². The van der Waals surface area contributed by atoms with Crippen molar-refractivity contribution in [2.75, 3.05) is 13.2 Å². The van der Waals surface area contributed by atoms with Crippen molar-refractivity contribution in [3.05, 3.63) is 35.9 Å². The van der Waals surface area contributed by atoms with E-state index < -0.39 is 0 Å². The van der Waals surface area contributed by atoms with Crippen LogP contribution in [0.1, 0.15) is 55.8 Å². The molecule has 0 aromatic heterocycles. The Labute approximate surface area is 137 Å². The second kappa shape index (κ2) is 11.4. The van der Waals surface area contributed by atoms with Gasteiger partial charge in [-0.05, 0) is 19.8 Å². The second-order valence-electron chi connectivity index (χ2n) is 5.25. The summed E-state index contributed by atoms with van der Waals surface area (Å²) in [6.45, 7) is 2.77. The molecule has 0 saturated carbocycles. The Morgan fingerprint density at radius 1 is 0.957 bits per heavy atom. The first-order valence-electron chi connectivity index (χ1n) is 8.14. The van der Waals surface area contributed by atoms with Crippen LogP contribution in [0.4, 0.5) is 0 Å². The van der Waals surface area contributed by atoms with Gasteiger partial charge in [0.25, 0.3) is 0 Å². The second-order valence-corrected chi connectivity index (χ2v) is 5.25. The van der Waals surface area contributed by atoms with Gasteiger partial charge >= 0.3 is 5.97 Å². The molecule has 0 saturated heterocycles. The number of esters is 1. The van der Waals surface area contributed by atoms with Gasteiger partial charge in [-0.1, -0.05) is 36.8 Å². The zero-order chi connectivity index (χ0) is 16.9. The third kappa shape index (κ3) is 8.76. The third-order valence-corrected chi connectivity index (χ3v) is 3.36. The average molecular weight is 319 g/mol. The molecule has 1 N–H and O–H groups in total. The first-order chi connectivity index (χ1) is 11.1. The summed E-state index contributed by atoms with van der Waals surface area (Å²) < 4.78 is 4.84. The molecule has 5 heteroatoms. The van der Waals surface area contributed by atoms with Crippen molar-refractivity contribution >= 4 is 17.7 Å². The number of hydrogen-bond acceptors (Lipinski definition) is 4. The number of hydrogen-bond donors (Lipinski definition) is 1. The molecular weight excluding hydrogens is 294 g/mol. The van der Waals surface area contributed by atoms with Crippen LogP contribution >= 0.6 is 0 Å². The standard InChI is InChI=1S/C18H25NO4/c1-2-23-18(22)11-7-4-8-14-19-17(21)13-12-16(20)15-9-5-3-6-10-15/h3,5-6,9-10H,2,4,7-8,11-14H2,1H3,(H,19,21). The van der Waals surface area contributed by atoms with Crippen LogP contribution in [0.5, 0.6) is 0 Å². The average Bonchev–Trinajstić information content (AvgIpc) is 2.56. The summed E-state index contributed by atoms with van der Waals surface area (Å²) in [6, 6.07) is 8.98. The number of Topliss-reactive ketones (excluding diaryl/α,β-unsaturated/α-hetero) is 1. The molecule has 0 radical (unpaired) electrons. The van der Waals surface area contributed by atoms with Gasteiger partial charge in [0.1, 0.15) is 0 Å². The molecule has 1 aromatic rings. The molecule has 0 bridgehead atoms. The maximum Gasteiger partial charge on any atom is 0.305 e. The van der Waals surface area contributed by atoms with E-state index in [1.165, 1.54) is 0 Å². The number of nitrogens with one attached hydrogen (secondary N) is 1. The Morgan fingerprint density at radius 2 is 1.70 bits per heavy atom. The third-order valence-electron chi connectivity index (χ3n) is 3.36. The van der Waals surface area contributed by atoms with Crippen LogP contribution in [0.3, 0.4) is 0 Å². The number of amides is 1. The van der Waals surface area contributed by atoms with Gasteiger partial charge < -0.3 is 10.1 Å². The van der Waals surface area contributed by atoms with Crippen LogP contribution in [0.2, 0.25) is 0 Å². The molecule has 0 heterocycles. The topological polar surface area (TPSA) is 72.5 Å². The fourth-order valence-corrected chi connectivity index (χ4v) is 2.12. The van der Waals surface area contributed by atoms with Crippen LogP contribution in [0, 0.1) is 0 Å². The van der Waals surface area contributed by atoms with Gasteiger partial charge in [0.05, 0.1) is 6.61 Å². The SMILES string of the molecule is CCOC(=O)CCCCCNC(=O)CCC(=O)c1ccccc1. The Morgan fingerprint density at radius 3 is 2.39 bits per heavy atom. The summed E-state index contributed by atoms with van der Waals surface area (Å²) in [5.41, 5.74) is 0.638. The van der Waals surface area contributed by atoms with Crippen LogP contribution in [-0.4, -0.2) is 30.8 Å². The fraction of sp³-hybridized carbons (Fsp3) is 0.500. The molecule has 0 atom stereocenters. The van der Waals surface area contributed by atoms with Gasteiger partial charge in [-0.3, -0.25) is 14.4 Å². The minimum Gasteiger partial charge on any atom is -0.466 e. The van der Waals surface area contributed by atoms with E-state index in [1.807, 2.05) is 18.2 Å². The van der Waals surface area contributed by atoms with Crippen LogP contribution in [-0.2, 0) is 14.3 Å². The number of ketones is 1. The monoisotopic (exact) mass is 319 g/mol. The van der Waals surface area contributed by atoms with Gasteiger partial charge in [-0.25, -0.2) is 0 Å². The van der Waals surface area contributed by atoms with Crippen LogP contribution in [0.25, 0.3) is 0 Å². The fourth-order valence-electron chi connectivity index (χ4n) is 2.12. The van der Waals surface area contributed by atoms with Crippen molar-refractivity contribution in [1.82, 2.24) is 5.32 Å². The number of carbonyl (C=O) groups is 3. The van der Waals surface area contributed by atoms with Crippen LogP contribution < -0.4 is 5.32 Å². The maximum atomic E-state index is 11.9. The quantitative estimate of drug-likeness (QED) is 0.387. The number of rotatable bonds is 11. The number of carbonyl (C=O) groups excluding carboxylic acids is 3. The van der Waals surface area contributed by atoms with Crippen molar-refractivity contribution in [1.29, 1.82) is 0 Å². The Bertz CT molecular complexity index is 499. The highest BCUT2D eigenvalue weighted by molar-refractivity contribution is 5.97. The molecule has 23 heavy (non-hydrogen) atoms. The van der Waals surface area contributed by atoms with Gasteiger partial charge in [0.15, 0.2) is 5.78 Å². The molecule has 0 aliphatic rings. The Balaban J connectivity index is 2.04. The highest BCUT2D eigenvalue weighted by Crippen LogP contribution is 2.05. The zero-order valence-electron chi connectivity index (χ0n) is 13.7. The molecular formula is C18H25NO4. The minimum atomic E-state index is -0.170. The largest absolute Gasteiger partial charge is 0.466 e. The summed E-state index contributed by atoms with van der Waals surface area (Å²) in [4.78, 5) is 34.7. The summed E-state index contributed by atoms with van der Waals surface area (Å²) in [5.74, 6) is -0.300. The Kier molecular flexibility index (Phi) is 9.36. The highest BCUT2D eigenvalue weighted by atomic mass is 16.5. The summed E-state index contributed by atoms with van der Waals surface area (Å²) in [5, 5.41) is 2.80. The van der Waals surface area contributed by atoms with E-state index in [0.29, 0.717) is 25.1 Å². The molecule has 0 unspecified atom stereocenters. The number of unbranched alkanes of at least 4 members (excludes halogenated alkanes) is 2. The molecule has 1 rings (SSSR count). The van der Waals surface area contributed by atoms with Crippen molar-refractivity contribution < 1.29 is 19.1 Å². The lowest BCUT2D eigenvalue weighted by Crippen LogP contribution is -2.24. The summed E-state index contributed by atoms with van der Waals surface area (Å²) >= 11 is 0. The van der Waals surface area contributed by atoms with Crippen molar-refractivity contribution in [3.63, 3.8) is 0 Å². The zero-order valence-corrected chi connectivity index (χ0v) is 13.7. The molecule has 126 valence electrons. The van der Waals surface area contributed by atoms with Crippen molar-refractivity contribution in [2.45, 2.75) is 45.4 Å². The smallest absolute Gasteiger partial charge is 0.305 e. The van der Waals surface area contributed by atoms with E-state index in [1.54, 1.807) is 19.1 Å². The lowest BCUT2D eigenvalue weighted by Gasteiger charge is -2.05. The molecule has 1 amide bonds. The normalized spacial score (nSPS) is 10.1. The van der Waals surface area contributed by atoms with Gasteiger partial charge in [0.2, 0.25) is 5.91 Å². The van der Waals surface area contributed by atoms with Gasteiger partial charge in [-0.15, -0.1) is 0 Å². The Hall–Kier alpha value is -2.17. The van der Waals surface area contributed by atoms with E-state index in [4.69, 9.17) is 4.74 Å². The minimum absolute atomic E-state index is 0.0183. The molecule has 0 fully saturated rings. The van der Waals surface area contributed by atoms with Gasteiger partial charge in [-0.2, -0.15) is 0 Å². The maximum absolute atomic E-state index is 11.9. The summed E-state index contributed by atoms with van der Waals surface area (Å²) in [7, 11) is 0.